The van der Waals surface area contributed by atoms with E-state index in [0.717, 1.165) is 11.1 Å². The Labute approximate surface area is 284 Å². The van der Waals surface area contributed by atoms with E-state index in [1.54, 1.807) is 105 Å². The highest BCUT2D eigenvalue weighted by Crippen LogP contribution is 2.31. The smallest absolute Gasteiger partial charge is 0.408 e. The molecule has 1 aliphatic heterocycles. The number of ether oxygens (including phenoxy) is 1. The highest BCUT2D eigenvalue weighted by atomic mass is 32.2. The molecule has 10 nitrogen and oxygen atoms in total. The van der Waals surface area contributed by atoms with Gasteiger partial charge in [-0.2, -0.15) is 16.9 Å². The zero-order valence-corrected chi connectivity index (χ0v) is 28.4. The number of phenolic OH excluding ortho intramolecular Hbond substituents is 1. The lowest BCUT2D eigenvalue weighted by molar-refractivity contribution is -0.139. The highest BCUT2D eigenvalue weighted by Gasteiger charge is 2.37. The van der Waals surface area contributed by atoms with Gasteiger partial charge in [-0.25, -0.2) is 4.79 Å². The number of nitrogens with one attached hydrogen (secondary N) is 2. The van der Waals surface area contributed by atoms with Crippen LogP contribution in [0.3, 0.4) is 0 Å². The Morgan fingerprint density at radius 2 is 1.77 bits per heavy atom. The number of phenols is 1. The first-order chi connectivity index (χ1) is 22.9. The fourth-order valence-electron chi connectivity index (χ4n) is 5.23. The second kappa shape index (κ2) is 14.7. The lowest BCUT2D eigenvalue weighted by Crippen LogP contribution is -2.55. The Balaban J connectivity index is 1.30. The summed E-state index contributed by atoms with van der Waals surface area (Å²) in [5.41, 5.74) is 4.01. The Bertz CT molecular complexity index is 1850. The average Bonchev–Trinajstić information content (AvgIpc) is 3.43. The van der Waals surface area contributed by atoms with Crippen LogP contribution >= 0.6 is 11.8 Å². The van der Waals surface area contributed by atoms with Gasteiger partial charge in [0, 0.05) is 48.1 Å². The van der Waals surface area contributed by atoms with Crippen molar-refractivity contribution in [3.8, 4) is 28.8 Å². The number of amides is 3. The maximum Gasteiger partial charge on any atom is 0.408 e. The minimum atomic E-state index is -1.02. The maximum atomic E-state index is 14.0. The molecule has 0 saturated carbocycles. The minimum Gasteiger partial charge on any atom is -0.507 e. The molecule has 1 fully saturated rings. The normalized spacial score (nSPS) is 15.1. The number of anilines is 1. The summed E-state index contributed by atoms with van der Waals surface area (Å²) < 4.78 is 7.10. The lowest BCUT2D eigenvalue weighted by atomic mass is 10.0. The number of alkyl carbamates (subject to hydrolysis) is 1. The van der Waals surface area contributed by atoms with Gasteiger partial charge >= 0.3 is 6.09 Å². The van der Waals surface area contributed by atoms with E-state index in [2.05, 4.69) is 27.6 Å². The Morgan fingerprint density at radius 1 is 1.04 bits per heavy atom. The molecule has 1 aliphatic rings. The molecule has 1 aromatic heterocycles. The summed E-state index contributed by atoms with van der Waals surface area (Å²) in [6.07, 6.45) is 1.09. The predicted octanol–water partition coefficient (Wildman–Crippen LogP) is 5.65. The Hall–Kier alpha value is -5.21. The largest absolute Gasteiger partial charge is 0.507 e. The van der Waals surface area contributed by atoms with E-state index in [9.17, 15) is 19.5 Å². The number of benzene rings is 3. The zero-order chi connectivity index (χ0) is 34.4. The highest BCUT2D eigenvalue weighted by molar-refractivity contribution is 7.99. The Kier molecular flexibility index (Phi) is 10.4. The van der Waals surface area contributed by atoms with E-state index < -0.39 is 23.8 Å². The minimum absolute atomic E-state index is 0.133. The molecular weight excluding hydrogens is 627 g/mol. The van der Waals surface area contributed by atoms with Crippen molar-refractivity contribution in [2.75, 3.05) is 23.4 Å². The van der Waals surface area contributed by atoms with E-state index in [4.69, 9.17) is 4.74 Å². The number of rotatable bonds is 6. The zero-order valence-electron chi connectivity index (χ0n) is 27.6. The van der Waals surface area contributed by atoms with Crippen molar-refractivity contribution in [3.63, 3.8) is 0 Å². The SMILES string of the molecule is Cc1ccc(O)c(-c2nn(C)cc2C#Cc2ccc(NC(=O)C3CSCCN3C(=O)C(NC(=O)OC(C)(C)C)c3ccccc3)cc2)c1. The summed E-state index contributed by atoms with van der Waals surface area (Å²) in [5.74, 6) is 6.81. The summed E-state index contributed by atoms with van der Waals surface area (Å²) in [4.78, 5) is 41.8. The number of hydrogen-bond acceptors (Lipinski definition) is 7. The molecule has 48 heavy (non-hydrogen) atoms. The summed E-state index contributed by atoms with van der Waals surface area (Å²) >= 11 is 1.59. The van der Waals surface area contributed by atoms with Crippen LogP contribution in [0.2, 0.25) is 0 Å². The van der Waals surface area contributed by atoms with Crippen LogP contribution in [-0.2, 0) is 21.4 Å². The number of aryl methyl sites for hydroxylation is 2. The predicted molar refractivity (Wildman–Crippen MR) is 187 cm³/mol. The molecule has 5 rings (SSSR count). The monoisotopic (exact) mass is 665 g/mol. The van der Waals surface area contributed by atoms with E-state index in [0.29, 0.717) is 46.1 Å². The molecule has 11 heteroatoms. The van der Waals surface area contributed by atoms with Gasteiger partial charge in [-0.05, 0) is 69.7 Å². The van der Waals surface area contributed by atoms with Crippen molar-refractivity contribution < 1.29 is 24.2 Å². The second-order valence-electron chi connectivity index (χ2n) is 12.5. The van der Waals surface area contributed by atoms with Crippen molar-refractivity contribution in [1.29, 1.82) is 0 Å². The molecular formula is C37H39N5O5S. The number of nitrogens with zero attached hydrogens (tertiary/aromatic N) is 3. The van der Waals surface area contributed by atoms with Gasteiger partial charge in [0.1, 0.15) is 29.1 Å². The number of carbonyl (C=O) groups is 3. The molecule has 248 valence electrons. The van der Waals surface area contributed by atoms with E-state index in [1.807, 2.05) is 25.1 Å². The van der Waals surface area contributed by atoms with Gasteiger partial charge in [0.15, 0.2) is 0 Å². The van der Waals surface area contributed by atoms with Crippen LogP contribution in [0.4, 0.5) is 10.5 Å². The number of carbonyl (C=O) groups excluding carboxylic acids is 3. The first-order valence-corrected chi connectivity index (χ1v) is 16.7. The van der Waals surface area contributed by atoms with Crippen molar-refractivity contribution in [2.45, 2.75) is 45.4 Å². The van der Waals surface area contributed by atoms with Crippen LogP contribution in [0.25, 0.3) is 11.3 Å². The summed E-state index contributed by atoms with van der Waals surface area (Å²) in [6.45, 7) is 7.56. The van der Waals surface area contributed by atoms with Crippen LogP contribution in [-0.4, -0.2) is 67.4 Å². The fourth-order valence-corrected chi connectivity index (χ4v) is 6.28. The van der Waals surface area contributed by atoms with Crippen molar-refractivity contribution >= 4 is 35.4 Å². The summed E-state index contributed by atoms with van der Waals surface area (Å²) in [5, 5.41) is 20.6. The van der Waals surface area contributed by atoms with E-state index in [1.165, 1.54) is 4.90 Å². The van der Waals surface area contributed by atoms with Gasteiger partial charge in [-0.15, -0.1) is 0 Å². The standard InChI is InChI=1S/C37H39N5O5S/c1-24-11-18-31(43)29(21-24)32-27(22-41(5)40-32)15-12-25-13-16-28(17-14-25)38-34(44)30-23-48-20-19-42(30)35(45)33(26-9-7-6-8-10-26)39-36(46)47-37(2,3)4/h6-11,13-14,16-18,21-22,30,33,43H,19-20,23H2,1-5H3,(H,38,44)(H,39,46). The Morgan fingerprint density at radius 3 is 2.48 bits per heavy atom. The molecule has 1 saturated heterocycles. The van der Waals surface area contributed by atoms with Crippen molar-refractivity contribution in [3.05, 3.63) is 101 Å². The van der Waals surface area contributed by atoms with Crippen LogP contribution in [0, 0.1) is 18.8 Å². The molecule has 3 N–H and O–H groups in total. The number of aromatic nitrogens is 2. The average molecular weight is 666 g/mol. The molecule has 4 aromatic rings. The van der Waals surface area contributed by atoms with Gasteiger partial charge in [0.25, 0.3) is 5.91 Å². The molecule has 3 aromatic carbocycles. The van der Waals surface area contributed by atoms with Crippen LogP contribution in [0.5, 0.6) is 5.75 Å². The van der Waals surface area contributed by atoms with Crippen LogP contribution < -0.4 is 10.6 Å². The van der Waals surface area contributed by atoms with Crippen molar-refractivity contribution in [2.24, 2.45) is 7.05 Å². The van der Waals surface area contributed by atoms with E-state index in [-0.39, 0.29) is 17.6 Å². The molecule has 2 unspecified atom stereocenters. The summed E-state index contributed by atoms with van der Waals surface area (Å²) in [7, 11) is 1.80. The maximum absolute atomic E-state index is 14.0. The molecule has 0 aliphatic carbocycles. The third-order valence-corrected chi connectivity index (χ3v) is 8.51. The van der Waals surface area contributed by atoms with Gasteiger partial charge in [0.2, 0.25) is 5.91 Å². The quantitative estimate of drug-likeness (QED) is 0.227. The molecule has 2 heterocycles. The first kappa shape index (κ1) is 34.1. The van der Waals surface area contributed by atoms with Crippen molar-refractivity contribution in [1.82, 2.24) is 20.0 Å². The number of hydrogen-bond donors (Lipinski definition) is 3. The third-order valence-electron chi connectivity index (χ3n) is 7.49. The fraction of sp³-hybridized carbons (Fsp3) is 0.297. The third kappa shape index (κ3) is 8.57. The molecule has 2 atom stereocenters. The molecule has 0 radical (unpaired) electrons. The van der Waals surface area contributed by atoms with Gasteiger partial charge < -0.3 is 25.4 Å². The van der Waals surface area contributed by atoms with Crippen LogP contribution in [0.15, 0.2) is 79.0 Å². The van der Waals surface area contributed by atoms with Gasteiger partial charge in [0.05, 0.1) is 5.56 Å². The van der Waals surface area contributed by atoms with Gasteiger partial charge in [-0.3, -0.25) is 14.3 Å². The summed E-state index contributed by atoms with van der Waals surface area (Å²) in [6, 6.07) is 19.7. The van der Waals surface area contributed by atoms with Crippen LogP contribution in [0.1, 0.15) is 49.1 Å². The van der Waals surface area contributed by atoms with Gasteiger partial charge in [-0.1, -0.05) is 53.8 Å². The lowest BCUT2D eigenvalue weighted by Gasteiger charge is -2.37. The number of thioether (sulfide) groups is 1. The first-order valence-electron chi connectivity index (χ1n) is 15.6. The molecule has 3 amide bonds. The molecule has 0 bridgehead atoms. The topological polar surface area (TPSA) is 126 Å². The second-order valence-corrected chi connectivity index (χ2v) is 13.7. The van der Waals surface area contributed by atoms with E-state index >= 15 is 0 Å². The molecule has 0 spiro atoms. The number of aromatic hydroxyl groups is 1.